The molecule has 0 aliphatic heterocycles. The Bertz CT molecular complexity index is 526. The summed E-state index contributed by atoms with van der Waals surface area (Å²) in [6, 6.07) is 5.85. The second-order valence-corrected chi connectivity index (χ2v) is 7.25. The fraction of sp³-hybridized carbons (Fsp3) is 0.571. The smallest absolute Gasteiger partial charge is 0.150 e. The van der Waals surface area contributed by atoms with Gasteiger partial charge in [-0.15, -0.1) is 0 Å². The van der Waals surface area contributed by atoms with E-state index >= 15 is 0 Å². The van der Waals surface area contributed by atoms with Gasteiger partial charge < -0.3 is 14.8 Å². The topological polar surface area (TPSA) is 64.6 Å². The van der Waals surface area contributed by atoms with Gasteiger partial charge in [0, 0.05) is 24.4 Å². The Balaban J connectivity index is 2.76. The van der Waals surface area contributed by atoms with Gasteiger partial charge in [0.25, 0.3) is 0 Å². The lowest BCUT2D eigenvalue weighted by atomic mass is 10.1. The van der Waals surface area contributed by atoms with Gasteiger partial charge in [0.05, 0.1) is 12.9 Å². The molecular formula is C14H23NO4S. The summed E-state index contributed by atoms with van der Waals surface area (Å²) in [7, 11) is -1.40. The molecule has 1 rings (SSSR count). The van der Waals surface area contributed by atoms with Crippen molar-refractivity contribution in [3.05, 3.63) is 23.8 Å². The van der Waals surface area contributed by atoms with Crippen molar-refractivity contribution >= 4 is 9.84 Å². The highest BCUT2D eigenvalue weighted by molar-refractivity contribution is 7.90. The van der Waals surface area contributed by atoms with Gasteiger partial charge in [-0.3, -0.25) is 0 Å². The van der Waals surface area contributed by atoms with E-state index in [1.165, 1.54) is 6.26 Å². The molecule has 0 aliphatic rings. The van der Waals surface area contributed by atoms with Crippen molar-refractivity contribution < 1.29 is 17.9 Å². The van der Waals surface area contributed by atoms with Crippen LogP contribution in [0.3, 0.4) is 0 Å². The van der Waals surface area contributed by atoms with E-state index in [9.17, 15) is 8.42 Å². The first kappa shape index (κ1) is 16.8. The minimum absolute atomic E-state index is 0.01000. The van der Waals surface area contributed by atoms with E-state index in [0.717, 1.165) is 11.3 Å². The standard InChI is InChI=1S/C14H23NO4S/c1-11(2)15-10-12-9-13(18-3)5-6-14(12)19-7-8-20(4,16)17/h5-6,9,11,15H,7-8,10H2,1-4H3. The predicted octanol–water partition coefficient (Wildman–Crippen LogP) is 1.62. The molecular weight excluding hydrogens is 278 g/mol. The summed E-state index contributed by atoms with van der Waals surface area (Å²) in [5.41, 5.74) is 0.951. The number of nitrogens with one attached hydrogen (secondary N) is 1. The molecule has 6 heteroatoms. The van der Waals surface area contributed by atoms with Crippen LogP contribution in [0.25, 0.3) is 0 Å². The molecule has 1 N–H and O–H groups in total. The Hall–Kier alpha value is -1.27. The van der Waals surface area contributed by atoms with E-state index in [2.05, 4.69) is 19.2 Å². The van der Waals surface area contributed by atoms with E-state index in [4.69, 9.17) is 9.47 Å². The molecule has 0 heterocycles. The Morgan fingerprint density at radius 3 is 2.55 bits per heavy atom. The zero-order chi connectivity index (χ0) is 15.2. The zero-order valence-electron chi connectivity index (χ0n) is 12.5. The highest BCUT2D eigenvalue weighted by Crippen LogP contribution is 2.24. The molecule has 1 aromatic carbocycles. The Morgan fingerprint density at radius 1 is 1.30 bits per heavy atom. The number of ether oxygens (including phenoxy) is 2. The first-order valence-corrected chi connectivity index (χ1v) is 8.58. The van der Waals surface area contributed by atoms with Gasteiger partial charge in [-0.25, -0.2) is 8.42 Å². The summed E-state index contributed by atoms with van der Waals surface area (Å²) in [6.45, 7) is 4.91. The Labute approximate surface area is 121 Å². The second-order valence-electron chi connectivity index (χ2n) is 4.99. The molecule has 0 saturated heterocycles. The number of methoxy groups -OCH3 is 1. The maximum Gasteiger partial charge on any atom is 0.150 e. The summed E-state index contributed by atoms with van der Waals surface area (Å²) in [4.78, 5) is 0. The van der Waals surface area contributed by atoms with Crippen LogP contribution in [-0.4, -0.2) is 40.2 Å². The molecule has 1 aromatic rings. The van der Waals surface area contributed by atoms with Crippen molar-refractivity contribution in [3.8, 4) is 11.5 Å². The van der Waals surface area contributed by atoms with Crippen LogP contribution in [0.5, 0.6) is 11.5 Å². The average molecular weight is 301 g/mol. The van der Waals surface area contributed by atoms with Crippen LogP contribution in [0, 0.1) is 0 Å². The van der Waals surface area contributed by atoms with Crippen LogP contribution in [0.4, 0.5) is 0 Å². The lowest BCUT2D eigenvalue weighted by Crippen LogP contribution is -2.22. The Kier molecular flexibility index (Phi) is 6.29. The second kappa shape index (κ2) is 7.50. The summed E-state index contributed by atoms with van der Waals surface area (Å²) >= 11 is 0. The van der Waals surface area contributed by atoms with Crippen molar-refractivity contribution in [3.63, 3.8) is 0 Å². The number of rotatable bonds is 8. The van der Waals surface area contributed by atoms with E-state index in [1.54, 1.807) is 19.2 Å². The van der Waals surface area contributed by atoms with Gasteiger partial charge in [0.1, 0.15) is 18.1 Å². The lowest BCUT2D eigenvalue weighted by Gasteiger charge is -2.14. The minimum Gasteiger partial charge on any atom is -0.497 e. The predicted molar refractivity (Wildman–Crippen MR) is 80.2 cm³/mol. The van der Waals surface area contributed by atoms with Crippen LogP contribution in [-0.2, 0) is 16.4 Å². The summed E-state index contributed by atoms with van der Waals surface area (Å²) in [5.74, 6) is 1.44. The molecule has 0 fully saturated rings. The van der Waals surface area contributed by atoms with E-state index in [-0.39, 0.29) is 12.4 Å². The van der Waals surface area contributed by atoms with E-state index < -0.39 is 9.84 Å². The highest BCUT2D eigenvalue weighted by atomic mass is 32.2. The summed E-state index contributed by atoms with van der Waals surface area (Å²) < 4.78 is 33.0. The van der Waals surface area contributed by atoms with Crippen molar-refractivity contribution in [1.82, 2.24) is 5.32 Å². The van der Waals surface area contributed by atoms with Crippen LogP contribution in [0.15, 0.2) is 18.2 Å². The first-order valence-electron chi connectivity index (χ1n) is 6.52. The molecule has 114 valence electrons. The largest absolute Gasteiger partial charge is 0.497 e. The third-order valence-corrected chi connectivity index (χ3v) is 3.59. The maximum atomic E-state index is 11.1. The van der Waals surface area contributed by atoms with Crippen LogP contribution < -0.4 is 14.8 Å². The molecule has 20 heavy (non-hydrogen) atoms. The molecule has 0 saturated carbocycles. The fourth-order valence-corrected chi connectivity index (χ4v) is 1.96. The summed E-state index contributed by atoms with van der Waals surface area (Å²) in [6.07, 6.45) is 1.20. The van der Waals surface area contributed by atoms with E-state index in [0.29, 0.717) is 18.3 Å². The van der Waals surface area contributed by atoms with Crippen molar-refractivity contribution in [1.29, 1.82) is 0 Å². The molecule has 5 nitrogen and oxygen atoms in total. The molecule has 0 spiro atoms. The van der Waals surface area contributed by atoms with Gasteiger partial charge in [0.2, 0.25) is 0 Å². The lowest BCUT2D eigenvalue weighted by molar-refractivity contribution is 0.334. The van der Waals surface area contributed by atoms with Crippen LogP contribution >= 0.6 is 0 Å². The monoisotopic (exact) mass is 301 g/mol. The molecule has 0 amide bonds. The van der Waals surface area contributed by atoms with Gasteiger partial charge in [-0.1, -0.05) is 13.8 Å². The van der Waals surface area contributed by atoms with Crippen molar-refractivity contribution in [2.45, 2.75) is 26.4 Å². The quantitative estimate of drug-likeness (QED) is 0.790. The Morgan fingerprint density at radius 2 is 2.00 bits per heavy atom. The fourth-order valence-electron chi connectivity index (χ4n) is 1.58. The normalized spacial score (nSPS) is 11.7. The zero-order valence-corrected chi connectivity index (χ0v) is 13.3. The minimum atomic E-state index is -3.01. The highest BCUT2D eigenvalue weighted by Gasteiger charge is 2.08. The molecule has 0 atom stereocenters. The number of hydrogen-bond acceptors (Lipinski definition) is 5. The van der Waals surface area contributed by atoms with Crippen LogP contribution in [0.2, 0.25) is 0 Å². The van der Waals surface area contributed by atoms with Gasteiger partial charge >= 0.3 is 0 Å². The molecule has 0 radical (unpaired) electrons. The molecule has 0 aromatic heterocycles. The third-order valence-electron chi connectivity index (χ3n) is 2.68. The van der Waals surface area contributed by atoms with Crippen LogP contribution in [0.1, 0.15) is 19.4 Å². The number of hydrogen-bond donors (Lipinski definition) is 1. The van der Waals surface area contributed by atoms with Crippen molar-refractivity contribution in [2.24, 2.45) is 0 Å². The molecule has 0 aliphatic carbocycles. The molecule has 0 bridgehead atoms. The first-order chi connectivity index (χ1) is 9.31. The number of sulfone groups is 1. The SMILES string of the molecule is COc1ccc(OCCS(C)(=O)=O)c(CNC(C)C)c1. The summed E-state index contributed by atoms with van der Waals surface area (Å²) in [5, 5.41) is 3.31. The van der Waals surface area contributed by atoms with Gasteiger partial charge in [-0.05, 0) is 18.2 Å². The van der Waals surface area contributed by atoms with Gasteiger partial charge in [-0.2, -0.15) is 0 Å². The molecule has 0 unspecified atom stereocenters. The maximum absolute atomic E-state index is 11.1. The van der Waals surface area contributed by atoms with Gasteiger partial charge in [0.15, 0.2) is 9.84 Å². The van der Waals surface area contributed by atoms with Crippen molar-refractivity contribution in [2.75, 3.05) is 25.7 Å². The van der Waals surface area contributed by atoms with E-state index in [1.807, 2.05) is 6.07 Å². The third kappa shape index (κ3) is 6.25. The average Bonchev–Trinajstić information content (AvgIpc) is 2.35. The number of benzene rings is 1.